The Labute approximate surface area is 147 Å². The van der Waals surface area contributed by atoms with Gasteiger partial charge < -0.3 is 4.98 Å². The van der Waals surface area contributed by atoms with E-state index in [1.165, 1.54) is 0 Å². The number of hydrogen-bond acceptors (Lipinski definition) is 2. The van der Waals surface area contributed by atoms with Crippen LogP contribution in [0.5, 0.6) is 0 Å². The lowest BCUT2D eigenvalue weighted by Gasteiger charge is -2.16. The standard InChI is InChI=1S/C22H21NO2/c1-13(2)6-5-7-14-10-11-15-17(12-14)21(24)19-16-8-3-4-9-18(16)23-20(19)22(15)25/h3-4,8-13,23H,5-7H2,1-2H3. The molecule has 0 aliphatic heterocycles. The first-order chi connectivity index (χ1) is 12.1. The Hall–Kier alpha value is -2.68. The summed E-state index contributed by atoms with van der Waals surface area (Å²) in [5, 5.41) is 0.826. The maximum absolute atomic E-state index is 13.1. The van der Waals surface area contributed by atoms with Gasteiger partial charge in [-0.05, 0) is 42.5 Å². The number of nitrogens with one attached hydrogen (secondary N) is 1. The molecule has 1 heterocycles. The molecule has 4 rings (SSSR count). The number of hydrogen-bond donors (Lipinski definition) is 1. The quantitative estimate of drug-likeness (QED) is 0.577. The summed E-state index contributed by atoms with van der Waals surface area (Å²) in [4.78, 5) is 29.1. The first-order valence-corrected chi connectivity index (χ1v) is 8.89. The third-order valence-corrected chi connectivity index (χ3v) is 4.98. The van der Waals surface area contributed by atoms with Crippen LogP contribution in [0.25, 0.3) is 10.9 Å². The lowest BCUT2D eigenvalue weighted by atomic mass is 9.85. The van der Waals surface area contributed by atoms with Gasteiger partial charge in [-0.25, -0.2) is 0 Å². The molecule has 3 heteroatoms. The molecule has 0 radical (unpaired) electrons. The Morgan fingerprint density at radius 1 is 0.960 bits per heavy atom. The lowest BCUT2D eigenvalue weighted by Crippen LogP contribution is -2.20. The van der Waals surface area contributed by atoms with Crippen molar-refractivity contribution in [3.05, 3.63) is 70.4 Å². The molecule has 0 spiro atoms. The third-order valence-electron chi connectivity index (χ3n) is 4.98. The van der Waals surface area contributed by atoms with Crippen molar-refractivity contribution < 1.29 is 9.59 Å². The lowest BCUT2D eigenvalue weighted by molar-refractivity contribution is 0.0978. The molecule has 0 saturated carbocycles. The molecule has 0 fully saturated rings. The van der Waals surface area contributed by atoms with Gasteiger partial charge in [0.15, 0.2) is 5.78 Å². The zero-order valence-corrected chi connectivity index (χ0v) is 14.6. The van der Waals surface area contributed by atoms with E-state index in [9.17, 15) is 9.59 Å². The smallest absolute Gasteiger partial charge is 0.210 e. The van der Waals surface area contributed by atoms with E-state index in [-0.39, 0.29) is 11.6 Å². The summed E-state index contributed by atoms with van der Waals surface area (Å²) in [5.74, 6) is 0.539. The summed E-state index contributed by atoms with van der Waals surface area (Å²) in [6, 6.07) is 13.3. The third kappa shape index (κ3) is 2.60. The monoisotopic (exact) mass is 331 g/mol. The number of ketones is 2. The van der Waals surface area contributed by atoms with Crippen molar-refractivity contribution in [2.75, 3.05) is 0 Å². The fourth-order valence-corrected chi connectivity index (χ4v) is 3.66. The molecule has 0 amide bonds. The van der Waals surface area contributed by atoms with Gasteiger partial charge in [-0.2, -0.15) is 0 Å². The molecule has 2 aromatic carbocycles. The zero-order valence-electron chi connectivity index (χ0n) is 14.6. The van der Waals surface area contributed by atoms with Crippen LogP contribution in [0.1, 0.15) is 64.2 Å². The number of aromatic amines is 1. The second-order valence-corrected chi connectivity index (χ2v) is 7.24. The van der Waals surface area contributed by atoms with Crippen molar-refractivity contribution in [2.45, 2.75) is 33.1 Å². The Balaban J connectivity index is 1.75. The topological polar surface area (TPSA) is 49.9 Å². The molecule has 3 aromatic rings. The van der Waals surface area contributed by atoms with Crippen LogP contribution >= 0.6 is 0 Å². The Bertz CT molecular complexity index is 994. The van der Waals surface area contributed by atoms with Crippen LogP contribution in [0.2, 0.25) is 0 Å². The van der Waals surface area contributed by atoms with E-state index in [1.54, 1.807) is 0 Å². The molecular weight excluding hydrogens is 310 g/mol. The molecule has 3 nitrogen and oxygen atoms in total. The second-order valence-electron chi connectivity index (χ2n) is 7.24. The van der Waals surface area contributed by atoms with Crippen molar-refractivity contribution in [1.82, 2.24) is 4.98 Å². The maximum Gasteiger partial charge on any atom is 0.210 e. The molecule has 1 aliphatic carbocycles. The molecule has 0 unspecified atom stereocenters. The number of benzene rings is 2. The van der Waals surface area contributed by atoms with Gasteiger partial charge in [0, 0.05) is 22.0 Å². The van der Waals surface area contributed by atoms with Crippen LogP contribution in [-0.2, 0) is 6.42 Å². The summed E-state index contributed by atoms with van der Waals surface area (Å²) in [5.41, 5.74) is 3.96. The number of para-hydroxylation sites is 1. The van der Waals surface area contributed by atoms with E-state index in [0.29, 0.717) is 28.3 Å². The molecule has 0 atom stereocenters. The Morgan fingerprint density at radius 2 is 1.76 bits per heavy atom. The molecule has 0 saturated heterocycles. The van der Waals surface area contributed by atoms with E-state index in [1.807, 2.05) is 42.5 Å². The number of H-pyrrole nitrogens is 1. The first kappa shape index (κ1) is 15.8. The average Bonchev–Trinajstić information content (AvgIpc) is 2.99. The molecule has 0 bridgehead atoms. The van der Waals surface area contributed by atoms with Crippen LogP contribution in [0.15, 0.2) is 42.5 Å². The minimum absolute atomic E-state index is 0.0484. The van der Waals surface area contributed by atoms with Crippen LogP contribution in [0, 0.1) is 5.92 Å². The van der Waals surface area contributed by atoms with Gasteiger partial charge in [0.1, 0.15) is 0 Å². The van der Waals surface area contributed by atoms with E-state index >= 15 is 0 Å². The fraction of sp³-hybridized carbons (Fsp3) is 0.273. The summed E-state index contributed by atoms with van der Waals surface area (Å²) < 4.78 is 0. The number of carbonyl (C=O) groups excluding carboxylic acids is 2. The Kier molecular flexibility index (Phi) is 3.79. The van der Waals surface area contributed by atoms with E-state index < -0.39 is 0 Å². The van der Waals surface area contributed by atoms with Crippen LogP contribution in [0.4, 0.5) is 0 Å². The van der Waals surface area contributed by atoms with Gasteiger partial charge in [-0.15, -0.1) is 0 Å². The predicted octanol–water partition coefficient (Wildman–Crippen LogP) is 4.92. The minimum atomic E-state index is -0.0884. The van der Waals surface area contributed by atoms with Gasteiger partial charge >= 0.3 is 0 Å². The normalized spacial score (nSPS) is 13.4. The highest BCUT2D eigenvalue weighted by atomic mass is 16.1. The predicted molar refractivity (Wildman–Crippen MR) is 99.4 cm³/mol. The summed E-state index contributed by atoms with van der Waals surface area (Å²) >= 11 is 0. The molecule has 25 heavy (non-hydrogen) atoms. The van der Waals surface area contributed by atoms with Crippen molar-refractivity contribution in [3.8, 4) is 0 Å². The largest absolute Gasteiger partial charge is 0.351 e. The number of aromatic nitrogens is 1. The van der Waals surface area contributed by atoms with Crippen LogP contribution in [-0.4, -0.2) is 16.6 Å². The maximum atomic E-state index is 13.1. The van der Waals surface area contributed by atoms with E-state index in [0.717, 1.165) is 35.7 Å². The fourth-order valence-electron chi connectivity index (χ4n) is 3.66. The van der Waals surface area contributed by atoms with Gasteiger partial charge in [-0.1, -0.05) is 44.5 Å². The van der Waals surface area contributed by atoms with E-state index in [4.69, 9.17) is 0 Å². The summed E-state index contributed by atoms with van der Waals surface area (Å²) in [7, 11) is 0. The van der Waals surface area contributed by atoms with Crippen molar-refractivity contribution >= 4 is 22.5 Å². The zero-order chi connectivity index (χ0) is 17.6. The van der Waals surface area contributed by atoms with Crippen LogP contribution in [0.3, 0.4) is 0 Å². The average molecular weight is 331 g/mol. The van der Waals surface area contributed by atoms with E-state index in [2.05, 4.69) is 18.8 Å². The molecule has 1 aliphatic rings. The molecule has 1 N–H and O–H groups in total. The second kappa shape index (κ2) is 5.99. The highest BCUT2D eigenvalue weighted by Crippen LogP contribution is 2.33. The van der Waals surface area contributed by atoms with Crippen molar-refractivity contribution in [3.63, 3.8) is 0 Å². The Morgan fingerprint density at radius 3 is 2.56 bits per heavy atom. The number of carbonyl (C=O) groups is 2. The number of aryl methyl sites for hydroxylation is 1. The molecule has 1 aromatic heterocycles. The van der Waals surface area contributed by atoms with Gasteiger partial charge in [0.25, 0.3) is 0 Å². The van der Waals surface area contributed by atoms with Gasteiger partial charge in [0.05, 0.1) is 11.3 Å². The van der Waals surface area contributed by atoms with Crippen LogP contribution < -0.4 is 0 Å². The highest BCUT2D eigenvalue weighted by molar-refractivity contribution is 6.32. The first-order valence-electron chi connectivity index (χ1n) is 8.89. The summed E-state index contributed by atoms with van der Waals surface area (Å²) in [6.07, 6.45) is 3.20. The number of rotatable bonds is 4. The summed E-state index contributed by atoms with van der Waals surface area (Å²) in [6.45, 7) is 4.43. The highest BCUT2D eigenvalue weighted by Gasteiger charge is 2.33. The van der Waals surface area contributed by atoms with Crippen molar-refractivity contribution in [1.29, 1.82) is 0 Å². The van der Waals surface area contributed by atoms with Crippen molar-refractivity contribution in [2.24, 2.45) is 5.92 Å². The van der Waals surface area contributed by atoms with Gasteiger partial charge in [-0.3, -0.25) is 9.59 Å². The minimum Gasteiger partial charge on any atom is -0.351 e. The SMILES string of the molecule is CC(C)CCCc1ccc2c(c1)C(=O)c1c([nH]c3ccccc13)C2=O. The molecular formula is C22H21NO2. The molecule has 126 valence electrons. The van der Waals surface area contributed by atoms with Gasteiger partial charge in [0.2, 0.25) is 5.78 Å². The number of fused-ring (bicyclic) bond motifs is 4.